The van der Waals surface area contributed by atoms with Crippen molar-refractivity contribution in [2.24, 2.45) is 0 Å². The van der Waals surface area contributed by atoms with Gasteiger partial charge in [0.15, 0.2) is 0 Å². The smallest absolute Gasteiger partial charge is 1.00 e. The molecular weight excluding hydrogens is 394 g/mol. The number of hydrogen-bond acceptors (Lipinski definition) is 4. The van der Waals surface area contributed by atoms with E-state index in [1.165, 1.54) is 0 Å². The molecule has 2 aromatic carbocycles. The Bertz CT molecular complexity index is 541. The zero-order chi connectivity index (χ0) is 13.5. The number of carbonyl (C=O) groups is 2. The Hall–Kier alpha value is -1.16. The average Bonchev–Trinajstić information content (AvgIpc) is 2.48. The van der Waals surface area contributed by atoms with Gasteiger partial charge in [0.05, 0.1) is 0 Å². The van der Waals surface area contributed by atoms with E-state index in [4.69, 9.17) is 5.63 Å². The van der Waals surface area contributed by atoms with Gasteiger partial charge in [-0.25, -0.2) is 0 Å². The van der Waals surface area contributed by atoms with E-state index in [0.717, 1.165) is 12.6 Å². The largest absolute Gasteiger partial charge is 1.00 e. The van der Waals surface area contributed by atoms with Crippen LogP contribution in [0.5, 0.6) is 11.5 Å². The minimum Gasteiger partial charge on any atom is -1.00 e. The summed E-state index contributed by atoms with van der Waals surface area (Å²) < 4.78 is 11.1. The maximum Gasteiger partial charge on any atom is -1.00 e. The summed E-state index contributed by atoms with van der Waals surface area (Å²) in [6.45, 7) is 0. The molecule has 0 heterocycles. The molecule has 0 N–H and O–H groups in total. The van der Waals surface area contributed by atoms with Gasteiger partial charge in [-0.2, -0.15) is 0 Å². The monoisotopic (exact) mass is 402 g/mol. The number of rotatable bonds is 6. The topological polar surface area (TPSA) is 52.6 Å². The summed E-state index contributed by atoms with van der Waals surface area (Å²) in [4.78, 5) is 21.2. The zero-order valence-electron chi connectivity index (χ0n) is 10.7. The van der Waals surface area contributed by atoms with Crippen LogP contribution in [0.2, 0.25) is 0 Å². The third-order valence-corrected chi connectivity index (χ3v) is 3.88. The molecule has 0 amide bonds. The van der Waals surface area contributed by atoms with Crippen molar-refractivity contribution in [2.45, 2.75) is 0 Å². The van der Waals surface area contributed by atoms with Crippen LogP contribution in [0.1, 0.15) is 20.7 Å². The van der Waals surface area contributed by atoms with Gasteiger partial charge in [-0.15, -0.1) is 0 Å². The van der Waals surface area contributed by atoms with Crippen molar-refractivity contribution in [1.29, 1.82) is 0 Å². The van der Waals surface area contributed by atoms with E-state index in [1.54, 1.807) is 48.5 Å². The minimum absolute atomic E-state index is 0. The van der Waals surface area contributed by atoms with Crippen LogP contribution in [0.4, 0.5) is 0 Å². The Morgan fingerprint density at radius 2 is 1.19 bits per heavy atom. The predicted octanol–water partition coefficient (Wildman–Crippen LogP) is -3.31. The fourth-order valence-corrected chi connectivity index (χ4v) is 2.62. The van der Waals surface area contributed by atoms with Crippen LogP contribution in [0.3, 0.4) is 0 Å². The van der Waals surface area contributed by atoms with E-state index >= 15 is 0 Å². The predicted molar refractivity (Wildman–Crippen MR) is 64.9 cm³/mol. The van der Waals surface area contributed by atoms with Gasteiger partial charge in [-0.1, -0.05) is 0 Å². The van der Waals surface area contributed by atoms with Crippen LogP contribution in [-0.2, 0) is 24.1 Å². The molecule has 21 heavy (non-hydrogen) atoms. The molecular formula is C14H10Cl2O4Zr. The summed E-state index contributed by atoms with van der Waals surface area (Å²) in [6.07, 6.45) is 1.54. The van der Waals surface area contributed by atoms with E-state index < -0.39 is 24.1 Å². The third kappa shape index (κ3) is 6.43. The van der Waals surface area contributed by atoms with Gasteiger partial charge in [0, 0.05) is 0 Å². The van der Waals surface area contributed by atoms with Crippen molar-refractivity contribution in [1.82, 2.24) is 0 Å². The molecule has 0 aliphatic carbocycles. The van der Waals surface area contributed by atoms with Crippen LogP contribution < -0.4 is 30.4 Å². The van der Waals surface area contributed by atoms with Gasteiger partial charge < -0.3 is 24.8 Å². The van der Waals surface area contributed by atoms with Crippen molar-refractivity contribution in [2.75, 3.05) is 0 Å². The molecule has 0 fully saturated rings. The summed E-state index contributed by atoms with van der Waals surface area (Å²) in [5.41, 5.74) is 1.14. The summed E-state index contributed by atoms with van der Waals surface area (Å²) in [6, 6.07) is 13.8. The van der Waals surface area contributed by atoms with Crippen molar-refractivity contribution >= 4 is 12.6 Å². The summed E-state index contributed by atoms with van der Waals surface area (Å²) in [5.74, 6) is 1.26. The number of halogens is 2. The first kappa shape index (κ1) is 19.8. The molecule has 0 aliphatic rings. The van der Waals surface area contributed by atoms with Gasteiger partial charge in [0.2, 0.25) is 0 Å². The van der Waals surface area contributed by atoms with E-state index in [0.29, 0.717) is 22.6 Å². The Labute approximate surface area is 147 Å². The van der Waals surface area contributed by atoms with Gasteiger partial charge in [-0.05, 0) is 0 Å². The van der Waals surface area contributed by atoms with Crippen molar-refractivity contribution in [3.63, 3.8) is 0 Å². The maximum absolute atomic E-state index is 10.6. The molecule has 0 bridgehead atoms. The van der Waals surface area contributed by atoms with E-state index in [1.807, 2.05) is 0 Å². The first-order valence-electron chi connectivity index (χ1n) is 5.51. The van der Waals surface area contributed by atoms with Crippen molar-refractivity contribution < 1.29 is 64.1 Å². The van der Waals surface area contributed by atoms with Crippen molar-refractivity contribution in [3.05, 3.63) is 59.7 Å². The Balaban J connectivity index is 0.00000200. The van der Waals surface area contributed by atoms with Gasteiger partial charge >= 0.3 is 123 Å². The molecule has 0 radical (unpaired) electrons. The molecule has 0 saturated carbocycles. The van der Waals surface area contributed by atoms with Crippen LogP contribution in [0, 0.1) is 0 Å². The minimum atomic E-state index is -1.55. The quantitative estimate of drug-likeness (QED) is 0.474. The van der Waals surface area contributed by atoms with Crippen LogP contribution >= 0.6 is 0 Å². The Kier molecular flexibility index (Phi) is 9.97. The maximum atomic E-state index is 10.6. The normalized spacial score (nSPS) is 8.38. The Morgan fingerprint density at radius 1 is 0.762 bits per heavy atom. The summed E-state index contributed by atoms with van der Waals surface area (Å²) in [7, 11) is 0. The van der Waals surface area contributed by atoms with Crippen LogP contribution in [0.25, 0.3) is 0 Å². The van der Waals surface area contributed by atoms with E-state index in [9.17, 15) is 9.59 Å². The number of benzene rings is 2. The molecule has 0 saturated heterocycles. The second-order valence-corrected chi connectivity index (χ2v) is 5.08. The third-order valence-electron chi connectivity index (χ3n) is 2.31. The SMILES string of the molecule is O=Cc1cccc([O][Zr+2][O]c2cccc(C=O)c2)c1.[Cl-].[Cl-]. The van der Waals surface area contributed by atoms with E-state index in [2.05, 4.69) is 0 Å². The van der Waals surface area contributed by atoms with Gasteiger partial charge in [0.25, 0.3) is 0 Å². The molecule has 2 aromatic rings. The summed E-state index contributed by atoms with van der Waals surface area (Å²) >= 11 is -1.55. The number of aldehydes is 2. The van der Waals surface area contributed by atoms with Crippen molar-refractivity contribution in [3.8, 4) is 11.5 Å². The standard InChI is InChI=1S/2C7H6O2.2ClH.Zr/c2*8-5-6-2-1-3-7(9)4-6;;;/h2*1-5,9H;2*1H;/q;;;;+4/p-4. The average molecular weight is 404 g/mol. The number of hydrogen-bond donors (Lipinski definition) is 0. The summed E-state index contributed by atoms with van der Waals surface area (Å²) in [5, 5.41) is 0. The van der Waals surface area contributed by atoms with E-state index in [-0.39, 0.29) is 24.8 Å². The fourth-order valence-electron chi connectivity index (χ4n) is 1.42. The first-order valence-corrected chi connectivity index (χ1v) is 7.51. The van der Waals surface area contributed by atoms with Crippen LogP contribution in [0.15, 0.2) is 48.5 Å². The second kappa shape index (κ2) is 10.6. The molecule has 2 rings (SSSR count). The molecule has 108 valence electrons. The molecule has 0 unspecified atom stereocenters. The Morgan fingerprint density at radius 3 is 1.57 bits per heavy atom. The fraction of sp³-hybridized carbons (Fsp3) is 0. The molecule has 7 heteroatoms. The number of carbonyl (C=O) groups excluding carboxylic acids is 2. The molecule has 0 aromatic heterocycles. The molecule has 0 atom stereocenters. The van der Waals surface area contributed by atoms with Gasteiger partial charge in [0.1, 0.15) is 0 Å². The molecule has 0 spiro atoms. The molecule has 0 aliphatic heterocycles. The molecule has 4 nitrogen and oxygen atoms in total. The second-order valence-electron chi connectivity index (χ2n) is 3.67. The van der Waals surface area contributed by atoms with Crippen LogP contribution in [-0.4, -0.2) is 12.6 Å². The first-order chi connectivity index (χ1) is 9.31. The zero-order valence-corrected chi connectivity index (χ0v) is 14.6. The van der Waals surface area contributed by atoms with Gasteiger partial charge in [-0.3, -0.25) is 0 Å².